The lowest BCUT2D eigenvalue weighted by atomic mass is 10.1. The van der Waals surface area contributed by atoms with Crippen molar-refractivity contribution in [2.75, 3.05) is 39.4 Å². The van der Waals surface area contributed by atoms with Gasteiger partial charge < -0.3 is 14.4 Å². The zero-order chi connectivity index (χ0) is 21.8. The molecule has 0 N–H and O–H groups in total. The van der Waals surface area contributed by atoms with Crippen LogP contribution in [-0.2, 0) is 27.7 Å². The third kappa shape index (κ3) is 4.85. The molecule has 1 amide bonds. The van der Waals surface area contributed by atoms with Crippen molar-refractivity contribution in [1.82, 2.24) is 9.21 Å². The van der Waals surface area contributed by atoms with Gasteiger partial charge in [0.15, 0.2) is 11.5 Å². The first-order valence-corrected chi connectivity index (χ1v) is 12.2. The van der Waals surface area contributed by atoms with Gasteiger partial charge in [-0.2, -0.15) is 4.31 Å². The summed E-state index contributed by atoms with van der Waals surface area (Å²) in [5, 5.41) is 0. The monoisotopic (exact) mass is 444 g/mol. The number of amides is 1. The summed E-state index contributed by atoms with van der Waals surface area (Å²) >= 11 is 0. The van der Waals surface area contributed by atoms with Crippen LogP contribution in [0.25, 0.3) is 0 Å². The third-order valence-corrected chi connectivity index (χ3v) is 7.70. The summed E-state index contributed by atoms with van der Waals surface area (Å²) in [6.07, 6.45) is 2.12. The predicted octanol–water partition coefficient (Wildman–Crippen LogP) is 2.49. The molecule has 2 heterocycles. The maximum absolute atomic E-state index is 13.0. The minimum atomic E-state index is -3.65. The fraction of sp³-hybridized carbons (Fsp3) is 0.435. The Morgan fingerprint density at radius 2 is 1.55 bits per heavy atom. The number of aryl methyl sites for hydroxylation is 2. The Morgan fingerprint density at radius 3 is 2.23 bits per heavy atom. The van der Waals surface area contributed by atoms with Crippen LogP contribution in [0, 0.1) is 0 Å². The van der Waals surface area contributed by atoms with Crippen LogP contribution in [-0.4, -0.2) is 62.9 Å². The molecule has 0 radical (unpaired) electrons. The van der Waals surface area contributed by atoms with Gasteiger partial charge in [0.25, 0.3) is 0 Å². The highest BCUT2D eigenvalue weighted by Gasteiger charge is 2.31. The van der Waals surface area contributed by atoms with Crippen LogP contribution in [0.3, 0.4) is 0 Å². The van der Waals surface area contributed by atoms with Crippen LogP contribution in [0.15, 0.2) is 47.4 Å². The average Bonchev–Trinajstić information content (AvgIpc) is 2.82. The topological polar surface area (TPSA) is 76.2 Å². The van der Waals surface area contributed by atoms with Gasteiger partial charge in [0.1, 0.15) is 13.2 Å². The smallest absolute Gasteiger partial charge is 0.243 e. The number of hydrogen-bond acceptors (Lipinski definition) is 5. The average molecular weight is 445 g/mol. The standard InChI is InChI=1S/C23H28N2O5S/c1-2-18-3-5-19(6-4-18)7-10-23(26)24-11-13-25(14-12-24)31(27,28)20-8-9-21-22(17-20)30-16-15-29-21/h3-6,8-9,17H,2,7,10-16H2,1H3. The molecule has 2 aliphatic heterocycles. The Kier molecular flexibility index (Phi) is 6.48. The van der Waals surface area contributed by atoms with Gasteiger partial charge in [-0.15, -0.1) is 0 Å². The molecule has 0 saturated carbocycles. The predicted molar refractivity (Wildman–Crippen MR) is 117 cm³/mol. The molecule has 7 nitrogen and oxygen atoms in total. The van der Waals surface area contributed by atoms with Crippen molar-refractivity contribution < 1.29 is 22.7 Å². The number of rotatable bonds is 6. The number of benzene rings is 2. The number of ether oxygens (including phenoxy) is 2. The number of sulfonamides is 1. The van der Waals surface area contributed by atoms with Crippen molar-refractivity contribution in [1.29, 1.82) is 0 Å². The molecule has 2 aliphatic rings. The summed E-state index contributed by atoms with van der Waals surface area (Å²) in [5.41, 5.74) is 2.43. The first kappa shape index (κ1) is 21.6. The van der Waals surface area contributed by atoms with Gasteiger partial charge in [0.05, 0.1) is 4.90 Å². The van der Waals surface area contributed by atoms with Crippen LogP contribution in [0.1, 0.15) is 24.5 Å². The lowest BCUT2D eigenvalue weighted by Gasteiger charge is -2.34. The second kappa shape index (κ2) is 9.28. The molecule has 2 aromatic rings. The van der Waals surface area contributed by atoms with Gasteiger partial charge in [-0.05, 0) is 36.1 Å². The number of carbonyl (C=O) groups excluding carboxylic acids is 1. The molecule has 0 spiro atoms. The number of hydrogen-bond donors (Lipinski definition) is 0. The summed E-state index contributed by atoms with van der Waals surface area (Å²) in [6.45, 7) is 4.35. The normalized spacial score (nSPS) is 16.9. The first-order chi connectivity index (χ1) is 15.0. The summed E-state index contributed by atoms with van der Waals surface area (Å²) in [7, 11) is -3.65. The van der Waals surface area contributed by atoms with E-state index < -0.39 is 10.0 Å². The lowest BCUT2D eigenvalue weighted by Crippen LogP contribution is -2.50. The maximum atomic E-state index is 13.0. The van der Waals surface area contributed by atoms with Crippen molar-refractivity contribution in [2.24, 2.45) is 0 Å². The van der Waals surface area contributed by atoms with Gasteiger partial charge in [0, 0.05) is 38.7 Å². The SMILES string of the molecule is CCc1ccc(CCC(=O)N2CCN(S(=O)(=O)c3ccc4c(c3)OCCO4)CC2)cc1. The quantitative estimate of drug-likeness (QED) is 0.684. The summed E-state index contributed by atoms with van der Waals surface area (Å²) < 4.78 is 38.5. The molecular formula is C23H28N2O5S. The van der Waals surface area contributed by atoms with E-state index in [0.29, 0.717) is 50.6 Å². The second-order valence-electron chi connectivity index (χ2n) is 7.76. The van der Waals surface area contributed by atoms with E-state index in [1.807, 2.05) is 0 Å². The first-order valence-electron chi connectivity index (χ1n) is 10.7. The van der Waals surface area contributed by atoms with E-state index in [0.717, 1.165) is 12.0 Å². The van der Waals surface area contributed by atoms with E-state index in [1.54, 1.807) is 17.0 Å². The Morgan fingerprint density at radius 1 is 0.903 bits per heavy atom. The van der Waals surface area contributed by atoms with E-state index in [9.17, 15) is 13.2 Å². The molecule has 8 heteroatoms. The minimum absolute atomic E-state index is 0.0657. The Balaban J connectivity index is 1.32. The zero-order valence-corrected chi connectivity index (χ0v) is 18.6. The van der Waals surface area contributed by atoms with Crippen molar-refractivity contribution in [3.63, 3.8) is 0 Å². The highest BCUT2D eigenvalue weighted by molar-refractivity contribution is 7.89. The van der Waals surface area contributed by atoms with Crippen molar-refractivity contribution in [3.8, 4) is 11.5 Å². The number of piperazine rings is 1. The lowest BCUT2D eigenvalue weighted by molar-refractivity contribution is -0.132. The van der Waals surface area contributed by atoms with Crippen molar-refractivity contribution in [3.05, 3.63) is 53.6 Å². The van der Waals surface area contributed by atoms with Gasteiger partial charge >= 0.3 is 0 Å². The summed E-state index contributed by atoms with van der Waals surface area (Å²) in [6, 6.07) is 13.0. The van der Waals surface area contributed by atoms with Gasteiger partial charge in [-0.3, -0.25) is 4.79 Å². The van der Waals surface area contributed by atoms with Gasteiger partial charge in [0.2, 0.25) is 15.9 Å². The molecule has 0 bridgehead atoms. The number of carbonyl (C=O) groups is 1. The molecule has 1 fully saturated rings. The van der Waals surface area contributed by atoms with Gasteiger partial charge in [-0.25, -0.2) is 8.42 Å². The summed E-state index contributed by atoms with van der Waals surface area (Å²) in [5.74, 6) is 1.08. The van der Waals surface area contributed by atoms with E-state index in [2.05, 4.69) is 31.2 Å². The van der Waals surface area contributed by atoms with Crippen molar-refractivity contribution in [2.45, 2.75) is 31.1 Å². The van der Waals surface area contributed by atoms with Crippen LogP contribution in [0.4, 0.5) is 0 Å². The third-order valence-electron chi connectivity index (χ3n) is 5.80. The Bertz CT molecular complexity index is 1030. The Labute approximate surface area is 183 Å². The molecule has 166 valence electrons. The van der Waals surface area contributed by atoms with Crippen LogP contribution >= 0.6 is 0 Å². The number of fused-ring (bicyclic) bond motifs is 1. The largest absolute Gasteiger partial charge is 0.486 e. The maximum Gasteiger partial charge on any atom is 0.243 e. The van der Waals surface area contributed by atoms with Crippen LogP contribution in [0.5, 0.6) is 11.5 Å². The second-order valence-corrected chi connectivity index (χ2v) is 9.70. The fourth-order valence-corrected chi connectivity index (χ4v) is 5.30. The van der Waals surface area contributed by atoms with E-state index >= 15 is 0 Å². The van der Waals surface area contributed by atoms with Crippen LogP contribution < -0.4 is 9.47 Å². The minimum Gasteiger partial charge on any atom is -0.486 e. The molecule has 0 aromatic heterocycles. The molecule has 2 aromatic carbocycles. The van der Waals surface area contributed by atoms with E-state index in [-0.39, 0.29) is 23.9 Å². The molecule has 0 atom stereocenters. The zero-order valence-electron chi connectivity index (χ0n) is 17.7. The van der Waals surface area contributed by atoms with Crippen LogP contribution in [0.2, 0.25) is 0 Å². The highest BCUT2D eigenvalue weighted by Crippen LogP contribution is 2.33. The molecule has 4 rings (SSSR count). The highest BCUT2D eigenvalue weighted by atomic mass is 32.2. The molecular weight excluding hydrogens is 416 g/mol. The Hall–Kier alpha value is -2.58. The molecule has 0 aliphatic carbocycles. The van der Waals surface area contributed by atoms with E-state index in [4.69, 9.17) is 9.47 Å². The van der Waals surface area contributed by atoms with Gasteiger partial charge in [-0.1, -0.05) is 31.2 Å². The fourth-order valence-electron chi connectivity index (χ4n) is 3.86. The van der Waals surface area contributed by atoms with Crippen molar-refractivity contribution >= 4 is 15.9 Å². The number of nitrogens with zero attached hydrogens (tertiary/aromatic N) is 2. The van der Waals surface area contributed by atoms with E-state index in [1.165, 1.54) is 15.9 Å². The molecule has 1 saturated heterocycles. The summed E-state index contributed by atoms with van der Waals surface area (Å²) in [4.78, 5) is 14.6. The molecule has 0 unspecified atom stereocenters. The molecule has 31 heavy (non-hydrogen) atoms.